The van der Waals surface area contributed by atoms with Crippen LogP contribution >= 0.6 is 0 Å². The van der Waals surface area contributed by atoms with E-state index in [0.717, 1.165) is 19.3 Å². The molecule has 156 valence electrons. The first kappa shape index (κ1) is 19.5. The molecule has 3 heterocycles. The third-order valence-corrected chi connectivity index (χ3v) is 6.34. The maximum absolute atomic E-state index is 13.6. The summed E-state index contributed by atoms with van der Waals surface area (Å²) in [7, 11) is 0. The fraction of sp³-hybridized carbons (Fsp3) is 0.842. The predicted molar refractivity (Wildman–Crippen MR) is 92.7 cm³/mol. The molecule has 6 nitrogen and oxygen atoms in total. The van der Waals surface area contributed by atoms with Crippen molar-refractivity contribution in [3.63, 3.8) is 0 Å². The molecule has 4 aliphatic rings. The van der Waals surface area contributed by atoms with Crippen molar-refractivity contribution in [1.82, 2.24) is 15.0 Å². The number of ether oxygens (including phenoxy) is 1. The fourth-order valence-corrected chi connectivity index (χ4v) is 4.73. The fourth-order valence-electron chi connectivity index (χ4n) is 4.73. The van der Waals surface area contributed by atoms with Crippen LogP contribution in [0.25, 0.3) is 0 Å². The molecular formula is C19H26F3N3O3. The molecule has 1 amide bonds. The normalized spacial score (nSPS) is 29.5. The summed E-state index contributed by atoms with van der Waals surface area (Å²) in [5.74, 6) is -0.0234. The molecule has 1 aromatic rings. The van der Waals surface area contributed by atoms with Crippen LogP contribution in [-0.2, 0) is 10.2 Å². The van der Waals surface area contributed by atoms with Gasteiger partial charge in [-0.2, -0.15) is 18.2 Å². The molecule has 0 radical (unpaired) electrons. The van der Waals surface area contributed by atoms with Crippen LogP contribution in [-0.4, -0.2) is 45.5 Å². The first-order valence-corrected chi connectivity index (χ1v) is 9.91. The molecule has 2 aliphatic carbocycles. The van der Waals surface area contributed by atoms with Crippen LogP contribution in [0, 0.1) is 5.92 Å². The predicted octanol–water partition coefficient (Wildman–Crippen LogP) is 4.56. The zero-order valence-corrected chi connectivity index (χ0v) is 16.4. The van der Waals surface area contributed by atoms with E-state index in [2.05, 4.69) is 10.1 Å². The molecule has 1 aromatic heterocycles. The average molecular weight is 401 g/mol. The highest BCUT2D eigenvalue weighted by Crippen LogP contribution is 2.54. The van der Waals surface area contributed by atoms with Gasteiger partial charge in [0.1, 0.15) is 11.0 Å². The Labute approximate surface area is 161 Å². The maximum Gasteiger partial charge on any atom is 0.410 e. The van der Waals surface area contributed by atoms with Crippen molar-refractivity contribution < 1.29 is 27.2 Å². The monoisotopic (exact) mass is 401 g/mol. The Hall–Kier alpha value is -1.80. The van der Waals surface area contributed by atoms with Gasteiger partial charge in [-0.05, 0) is 58.8 Å². The van der Waals surface area contributed by atoms with Gasteiger partial charge in [-0.15, -0.1) is 0 Å². The quantitative estimate of drug-likeness (QED) is 0.727. The first-order valence-electron chi connectivity index (χ1n) is 9.91. The first-order chi connectivity index (χ1) is 13.0. The van der Waals surface area contributed by atoms with Gasteiger partial charge in [0.05, 0.1) is 5.92 Å². The molecular weight excluding hydrogens is 375 g/mol. The van der Waals surface area contributed by atoms with E-state index in [1.807, 2.05) is 20.8 Å². The summed E-state index contributed by atoms with van der Waals surface area (Å²) in [5, 5.41) is 3.72. The van der Waals surface area contributed by atoms with Crippen molar-refractivity contribution in [2.45, 2.75) is 88.4 Å². The number of halogens is 3. The molecule has 9 heteroatoms. The number of carbonyl (C=O) groups is 1. The zero-order chi connectivity index (χ0) is 20.3. The standard InChI is InChI=1S/C19H26F3N3O3/c1-17(2,3)27-16(26)25-10-11-5-6-13(25)12(9-11)14-23-15(24-28-14)18(7-4-8-18)19(20,21)22/h11-13H,4-10H2,1-3H3. The highest BCUT2D eigenvalue weighted by molar-refractivity contribution is 5.69. The van der Waals surface area contributed by atoms with E-state index in [9.17, 15) is 18.0 Å². The van der Waals surface area contributed by atoms with Crippen molar-refractivity contribution in [2.24, 2.45) is 5.92 Å². The van der Waals surface area contributed by atoms with Crippen LogP contribution in [0.2, 0.25) is 0 Å². The average Bonchev–Trinajstić information content (AvgIpc) is 3.01. The van der Waals surface area contributed by atoms with Crippen molar-refractivity contribution >= 4 is 6.09 Å². The lowest BCUT2D eigenvalue weighted by Crippen LogP contribution is -2.55. The minimum atomic E-state index is -4.39. The molecule has 0 aromatic carbocycles. The van der Waals surface area contributed by atoms with Crippen LogP contribution in [0.4, 0.5) is 18.0 Å². The molecule has 5 rings (SSSR count). The highest BCUT2D eigenvalue weighted by Gasteiger charge is 2.62. The van der Waals surface area contributed by atoms with Gasteiger partial charge >= 0.3 is 12.3 Å². The van der Waals surface area contributed by atoms with E-state index in [4.69, 9.17) is 9.26 Å². The molecule has 0 spiro atoms. The van der Waals surface area contributed by atoms with Crippen LogP contribution in [0.15, 0.2) is 4.52 Å². The number of aromatic nitrogens is 2. The van der Waals surface area contributed by atoms with Gasteiger partial charge in [0, 0.05) is 12.6 Å². The Bertz CT molecular complexity index is 752. The lowest BCUT2D eigenvalue weighted by atomic mass is 9.67. The Morgan fingerprint density at radius 1 is 1.25 bits per heavy atom. The number of hydrogen-bond donors (Lipinski definition) is 0. The summed E-state index contributed by atoms with van der Waals surface area (Å²) in [4.78, 5) is 18.5. The van der Waals surface area contributed by atoms with Crippen LogP contribution < -0.4 is 0 Å². The Morgan fingerprint density at radius 2 is 1.96 bits per heavy atom. The van der Waals surface area contributed by atoms with Gasteiger partial charge in [-0.25, -0.2) is 4.79 Å². The summed E-state index contributed by atoms with van der Waals surface area (Å²) in [6.45, 7) is 6.03. The highest BCUT2D eigenvalue weighted by atomic mass is 19.4. The molecule has 2 aliphatic heterocycles. The third kappa shape index (κ3) is 3.16. The minimum Gasteiger partial charge on any atom is -0.444 e. The number of amides is 1. The lowest BCUT2D eigenvalue weighted by molar-refractivity contribution is -0.215. The Balaban J connectivity index is 1.57. The number of piperidine rings is 2. The number of fused-ring (bicyclic) bond motifs is 3. The van der Waals surface area contributed by atoms with Crippen molar-refractivity contribution in [2.75, 3.05) is 6.54 Å². The second-order valence-corrected chi connectivity index (χ2v) is 9.38. The number of carbonyl (C=O) groups excluding carboxylic acids is 1. The van der Waals surface area contributed by atoms with E-state index >= 15 is 0 Å². The van der Waals surface area contributed by atoms with Gasteiger partial charge in [-0.1, -0.05) is 11.6 Å². The van der Waals surface area contributed by atoms with Crippen molar-refractivity contribution in [1.29, 1.82) is 0 Å². The SMILES string of the molecule is CC(C)(C)OC(=O)N1CC2CCC1C(c1nc(C3(C(F)(F)F)CCC3)no1)C2. The topological polar surface area (TPSA) is 68.5 Å². The minimum absolute atomic E-state index is 0.00374. The number of rotatable bonds is 2. The van der Waals surface area contributed by atoms with E-state index in [0.29, 0.717) is 13.0 Å². The van der Waals surface area contributed by atoms with Crippen LogP contribution in [0.3, 0.4) is 0 Å². The lowest BCUT2D eigenvalue weighted by Gasteiger charge is -2.48. The summed E-state index contributed by atoms with van der Waals surface area (Å²) in [6.07, 6.45) is -1.80. The van der Waals surface area contributed by atoms with Crippen LogP contribution in [0.5, 0.6) is 0 Å². The summed E-state index contributed by atoms with van der Waals surface area (Å²) in [6, 6.07) is -0.184. The molecule has 2 bridgehead atoms. The molecule has 28 heavy (non-hydrogen) atoms. The van der Waals surface area contributed by atoms with Gasteiger partial charge in [0.2, 0.25) is 5.89 Å². The van der Waals surface area contributed by atoms with Gasteiger partial charge in [0.15, 0.2) is 5.82 Å². The summed E-state index contributed by atoms with van der Waals surface area (Å²) < 4.78 is 51.6. The van der Waals surface area contributed by atoms with Gasteiger partial charge in [0.25, 0.3) is 0 Å². The van der Waals surface area contributed by atoms with E-state index in [-0.39, 0.29) is 42.4 Å². The summed E-state index contributed by atoms with van der Waals surface area (Å²) in [5.41, 5.74) is -2.59. The smallest absolute Gasteiger partial charge is 0.410 e. The zero-order valence-electron chi connectivity index (χ0n) is 16.4. The van der Waals surface area contributed by atoms with E-state index in [1.165, 1.54) is 0 Å². The Morgan fingerprint density at radius 3 is 2.50 bits per heavy atom. The maximum atomic E-state index is 13.6. The van der Waals surface area contributed by atoms with Crippen molar-refractivity contribution in [3.8, 4) is 0 Å². The van der Waals surface area contributed by atoms with E-state index in [1.54, 1.807) is 4.90 Å². The number of hydrogen-bond acceptors (Lipinski definition) is 5. The molecule has 0 N–H and O–H groups in total. The second kappa shape index (κ2) is 6.35. The number of alkyl halides is 3. The molecule has 2 saturated carbocycles. The molecule has 4 fully saturated rings. The number of nitrogens with zero attached hydrogens (tertiary/aromatic N) is 3. The summed E-state index contributed by atoms with van der Waals surface area (Å²) >= 11 is 0. The largest absolute Gasteiger partial charge is 0.444 e. The molecule has 3 unspecified atom stereocenters. The molecule has 2 saturated heterocycles. The Kier molecular flexibility index (Phi) is 4.43. The van der Waals surface area contributed by atoms with Crippen molar-refractivity contribution in [3.05, 3.63) is 11.7 Å². The second-order valence-electron chi connectivity index (χ2n) is 9.38. The van der Waals surface area contributed by atoms with Crippen LogP contribution in [0.1, 0.15) is 76.9 Å². The van der Waals surface area contributed by atoms with E-state index < -0.39 is 23.3 Å². The van der Waals surface area contributed by atoms with Gasteiger partial charge < -0.3 is 14.2 Å². The van der Waals surface area contributed by atoms with Gasteiger partial charge in [-0.3, -0.25) is 0 Å². The molecule has 3 atom stereocenters. The third-order valence-electron chi connectivity index (χ3n) is 6.34.